The Hall–Kier alpha value is -1.61. The number of rotatable bonds is 3. The summed E-state index contributed by atoms with van der Waals surface area (Å²) >= 11 is 0. The summed E-state index contributed by atoms with van der Waals surface area (Å²) in [5.41, 5.74) is 4.25. The number of hydrogen-bond acceptors (Lipinski definition) is 2. The van der Waals surface area contributed by atoms with E-state index in [1.807, 2.05) is 4.68 Å². The maximum atomic E-state index is 9.32. The average Bonchev–Trinajstić information content (AvgIpc) is 2.73. The van der Waals surface area contributed by atoms with Crippen LogP contribution in [0.2, 0.25) is 0 Å². The average molecular weight is 230 g/mol. The highest BCUT2D eigenvalue weighted by Crippen LogP contribution is 2.23. The van der Waals surface area contributed by atoms with Gasteiger partial charge in [0, 0.05) is 5.56 Å². The smallest absolute Gasteiger partial charge is 0.0715 e. The maximum absolute atomic E-state index is 9.32. The van der Waals surface area contributed by atoms with E-state index < -0.39 is 0 Å². The summed E-state index contributed by atoms with van der Waals surface area (Å²) in [5, 5.41) is 13.7. The monoisotopic (exact) mass is 230 g/mol. The van der Waals surface area contributed by atoms with E-state index in [2.05, 4.69) is 50.1 Å². The minimum absolute atomic E-state index is 0.0410. The molecule has 0 saturated carbocycles. The number of hydrogen-bond donors (Lipinski definition) is 1. The molecule has 0 atom stereocenters. The molecule has 1 heterocycles. The fourth-order valence-corrected chi connectivity index (χ4v) is 2.02. The molecular weight excluding hydrogens is 212 g/mol. The molecular formula is C14H18N2O. The van der Waals surface area contributed by atoms with Crippen molar-refractivity contribution in [1.29, 1.82) is 0 Å². The first-order valence-corrected chi connectivity index (χ1v) is 5.88. The summed E-state index contributed by atoms with van der Waals surface area (Å²) in [7, 11) is 0. The number of benzene rings is 1. The van der Waals surface area contributed by atoms with Gasteiger partial charge >= 0.3 is 0 Å². The van der Waals surface area contributed by atoms with E-state index in [1.54, 1.807) is 6.20 Å². The Morgan fingerprint density at radius 3 is 2.41 bits per heavy atom. The van der Waals surface area contributed by atoms with Crippen molar-refractivity contribution in [1.82, 2.24) is 9.78 Å². The second-order valence-corrected chi connectivity index (χ2v) is 4.62. The molecule has 2 aromatic rings. The first-order valence-electron chi connectivity index (χ1n) is 5.88. The van der Waals surface area contributed by atoms with E-state index in [0.717, 1.165) is 16.9 Å². The van der Waals surface area contributed by atoms with Crippen LogP contribution in [-0.2, 0) is 6.61 Å². The lowest BCUT2D eigenvalue weighted by Crippen LogP contribution is -2.05. The third-order valence-corrected chi connectivity index (χ3v) is 2.88. The number of aliphatic hydroxyl groups excluding tert-OH is 1. The molecule has 90 valence electrons. The molecule has 1 N–H and O–H groups in total. The van der Waals surface area contributed by atoms with Gasteiger partial charge in [0.05, 0.1) is 24.2 Å². The van der Waals surface area contributed by atoms with Crippen molar-refractivity contribution in [2.24, 2.45) is 0 Å². The highest BCUT2D eigenvalue weighted by atomic mass is 16.3. The van der Waals surface area contributed by atoms with Crippen molar-refractivity contribution in [2.45, 2.75) is 33.3 Å². The minimum atomic E-state index is 0.0410. The van der Waals surface area contributed by atoms with Crippen LogP contribution in [0.25, 0.3) is 5.69 Å². The third-order valence-electron chi connectivity index (χ3n) is 2.88. The van der Waals surface area contributed by atoms with E-state index in [1.165, 1.54) is 5.56 Å². The van der Waals surface area contributed by atoms with Gasteiger partial charge in [-0.3, -0.25) is 0 Å². The number of aliphatic hydroxyl groups is 1. The van der Waals surface area contributed by atoms with E-state index in [4.69, 9.17) is 0 Å². The molecule has 1 aromatic carbocycles. The van der Waals surface area contributed by atoms with Gasteiger partial charge in [-0.1, -0.05) is 31.5 Å². The summed E-state index contributed by atoms with van der Waals surface area (Å²) in [4.78, 5) is 0. The molecule has 0 aliphatic rings. The van der Waals surface area contributed by atoms with E-state index in [-0.39, 0.29) is 6.61 Å². The zero-order valence-corrected chi connectivity index (χ0v) is 10.5. The molecule has 0 aliphatic heterocycles. The van der Waals surface area contributed by atoms with Crippen LogP contribution in [0.3, 0.4) is 0 Å². The fourth-order valence-electron chi connectivity index (χ4n) is 2.02. The SMILES string of the molecule is Cc1ccc(-n2ncc(CO)c2C(C)C)cc1. The quantitative estimate of drug-likeness (QED) is 0.880. The van der Waals surface area contributed by atoms with E-state index in [9.17, 15) is 5.11 Å². The maximum Gasteiger partial charge on any atom is 0.0715 e. The molecule has 3 nitrogen and oxygen atoms in total. The summed E-state index contributed by atoms with van der Waals surface area (Å²) in [6.07, 6.45) is 1.75. The molecule has 0 fully saturated rings. The fraction of sp³-hybridized carbons (Fsp3) is 0.357. The van der Waals surface area contributed by atoms with Crippen molar-refractivity contribution in [3.8, 4) is 5.69 Å². The van der Waals surface area contributed by atoms with Gasteiger partial charge in [0.2, 0.25) is 0 Å². The molecule has 1 aromatic heterocycles. The second kappa shape index (κ2) is 4.72. The van der Waals surface area contributed by atoms with Crippen LogP contribution < -0.4 is 0 Å². The van der Waals surface area contributed by atoms with Crippen LogP contribution in [0.5, 0.6) is 0 Å². The molecule has 3 heteroatoms. The minimum Gasteiger partial charge on any atom is -0.392 e. The van der Waals surface area contributed by atoms with Crippen LogP contribution in [0.15, 0.2) is 30.5 Å². The Kier molecular flexibility index (Phi) is 3.29. The molecule has 0 radical (unpaired) electrons. The van der Waals surface area contributed by atoms with Crippen LogP contribution in [-0.4, -0.2) is 14.9 Å². The molecule has 0 bridgehead atoms. The lowest BCUT2D eigenvalue weighted by molar-refractivity contribution is 0.280. The van der Waals surface area contributed by atoms with Gasteiger partial charge in [0.1, 0.15) is 0 Å². The van der Waals surface area contributed by atoms with Crippen LogP contribution in [0, 0.1) is 6.92 Å². The highest BCUT2D eigenvalue weighted by molar-refractivity contribution is 5.37. The standard InChI is InChI=1S/C14H18N2O/c1-10(2)14-12(9-17)8-15-16(14)13-6-4-11(3)5-7-13/h4-8,10,17H,9H2,1-3H3. The Morgan fingerprint density at radius 1 is 1.24 bits per heavy atom. The Morgan fingerprint density at radius 2 is 1.88 bits per heavy atom. The summed E-state index contributed by atoms with van der Waals surface area (Å²) < 4.78 is 1.91. The topological polar surface area (TPSA) is 38.0 Å². The normalized spacial score (nSPS) is 11.1. The summed E-state index contributed by atoms with van der Waals surface area (Å²) in [5.74, 6) is 0.334. The van der Waals surface area contributed by atoms with Crippen molar-refractivity contribution in [3.05, 3.63) is 47.3 Å². The molecule has 0 aliphatic carbocycles. The van der Waals surface area contributed by atoms with Crippen molar-refractivity contribution in [2.75, 3.05) is 0 Å². The van der Waals surface area contributed by atoms with Crippen LogP contribution >= 0.6 is 0 Å². The summed E-state index contributed by atoms with van der Waals surface area (Å²) in [6, 6.07) is 8.24. The number of aromatic nitrogens is 2. The number of aryl methyl sites for hydroxylation is 1. The van der Waals surface area contributed by atoms with Crippen LogP contribution in [0.1, 0.15) is 36.6 Å². The van der Waals surface area contributed by atoms with Gasteiger partial charge in [0.15, 0.2) is 0 Å². The highest BCUT2D eigenvalue weighted by Gasteiger charge is 2.14. The molecule has 2 rings (SSSR count). The predicted octanol–water partition coefficient (Wildman–Crippen LogP) is 2.80. The van der Waals surface area contributed by atoms with E-state index >= 15 is 0 Å². The largest absolute Gasteiger partial charge is 0.392 e. The first-order chi connectivity index (χ1) is 8.13. The third kappa shape index (κ3) is 2.24. The lowest BCUT2D eigenvalue weighted by Gasteiger charge is -2.12. The van der Waals surface area contributed by atoms with Gasteiger partial charge in [-0.2, -0.15) is 5.10 Å². The van der Waals surface area contributed by atoms with Crippen molar-refractivity contribution in [3.63, 3.8) is 0 Å². The van der Waals surface area contributed by atoms with Crippen molar-refractivity contribution < 1.29 is 5.11 Å². The van der Waals surface area contributed by atoms with Gasteiger partial charge in [-0.25, -0.2) is 4.68 Å². The molecule has 0 amide bonds. The van der Waals surface area contributed by atoms with Gasteiger partial charge in [-0.05, 0) is 25.0 Å². The van der Waals surface area contributed by atoms with E-state index in [0.29, 0.717) is 5.92 Å². The van der Waals surface area contributed by atoms with Crippen LogP contribution in [0.4, 0.5) is 0 Å². The first kappa shape index (κ1) is 11.9. The Labute approximate surface area is 102 Å². The summed E-state index contributed by atoms with van der Waals surface area (Å²) in [6.45, 7) is 6.33. The number of nitrogens with zero attached hydrogens (tertiary/aromatic N) is 2. The predicted molar refractivity (Wildman–Crippen MR) is 68.3 cm³/mol. The second-order valence-electron chi connectivity index (χ2n) is 4.62. The van der Waals surface area contributed by atoms with Gasteiger partial charge in [0.25, 0.3) is 0 Å². The molecule has 0 saturated heterocycles. The molecule has 0 unspecified atom stereocenters. The zero-order chi connectivity index (χ0) is 12.4. The van der Waals surface area contributed by atoms with Gasteiger partial charge < -0.3 is 5.11 Å². The van der Waals surface area contributed by atoms with Gasteiger partial charge in [-0.15, -0.1) is 0 Å². The lowest BCUT2D eigenvalue weighted by atomic mass is 10.1. The Balaban J connectivity index is 2.51. The Bertz CT molecular complexity index is 497. The molecule has 0 spiro atoms. The zero-order valence-electron chi connectivity index (χ0n) is 10.5. The van der Waals surface area contributed by atoms with Crippen molar-refractivity contribution >= 4 is 0 Å². The molecule has 17 heavy (non-hydrogen) atoms.